The van der Waals surface area contributed by atoms with Crippen LogP contribution in [-0.2, 0) is 6.54 Å². The third-order valence-electron chi connectivity index (χ3n) is 4.13. The summed E-state index contributed by atoms with van der Waals surface area (Å²) in [6, 6.07) is 20.3. The Kier molecular flexibility index (Phi) is 4.04. The van der Waals surface area contributed by atoms with Crippen LogP contribution in [0, 0.1) is 0 Å². The molecule has 2 heterocycles. The number of hydrogen-bond acceptors (Lipinski definition) is 4. The molecule has 5 heteroatoms. The average molecular weight is 330 g/mol. The van der Waals surface area contributed by atoms with E-state index in [4.69, 9.17) is 4.74 Å². The van der Waals surface area contributed by atoms with Gasteiger partial charge in [0.2, 0.25) is 0 Å². The second-order valence-corrected chi connectivity index (χ2v) is 5.74. The molecule has 0 spiro atoms. The van der Waals surface area contributed by atoms with Gasteiger partial charge in [-0.2, -0.15) is 0 Å². The molecule has 124 valence electrons. The van der Waals surface area contributed by atoms with Crippen LogP contribution in [0.15, 0.2) is 67.0 Å². The number of rotatable bonds is 5. The van der Waals surface area contributed by atoms with E-state index in [1.54, 1.807) is 13.4 Å². The summed E-state index contributed by atoms with van der Waals surface area (Å²) in [5.41, 5.74) is 4.10. The number of anilines is 1. The first kappa shape index (κ1) is 15.2. The fraction of sp³-hybridized carbons (Fsp3) is 0.100. The molecule has 0 radical (unpaired) electrons. The zero-order chi connectivity index (χ0) is 17.1. The van der Waals surface area contributed by atoms with Crippen molar-refractivity contribution in [2.75, 3.05) is 12.4 Å². The van der Waals surface area contributed by atoms with E-state index in [1.807, 2.05) is 42.5 Å². The predicted molar refractivity (Wildman–Crippen MR) is 99.6 cm³/mol. The van der Waals surface area contributed by atoms with Crippen LogP contribution in [0.25, 0.3) is 22.3 Å². The lowest BCUT2D eigenvalue weighted by Crippen LogP contribution is -2.01. The van der Waals surface area contributed by atoms with Crippen molar-refractivity contribution >= 4 is 16.9 Å². The highest BCUT2D eigenvalue weighted by molar-refractivity contribution is 5.91. The fourth-order valence-electron chi connectivity index (χ4n) is 2.79. The maximum Gasteiger partial charge on any atom is 0.143 e. The zero-order valence-electron chi connectivity index (χ0n) is 13.9. The van der Waals surface area contributed by atoms with Gasteiger partial charge < -0.3 is 15.0 Å². The summed E-state index contributed by atoms with van der Waals surface area (Å²) in [4.78, 5) is 12.1. The first-order valence-corrected chi connectivity index (χ1v) is 8.09. The second-order valence-electron chi connectivity index (χ2n) is 5.74. The van der Waals surface area contributed by atoms with Crippen LogP contribution in [0.1, 0.15) is 5.56 Å². The van der Waals surface area contributed by atoms with Gasteiger partial charge in [-0.05, 0) is 41.5 Å². The number of ether oxygens (including phenoxy) is 1. The predicted octanol–water partition coefficient (Wildman–Crippen LogP) is 4.25. The van der Waals surface area contributed by atoms with Crippen molar-refractivity contribution in [3.63, 3.8) is 0 Å². The highest BCUT2D eigenvalue weighted by Crippen LogP contribution is 2.28. The Morgan fingerprint density at radius 2 is 1.80 bits per heavy atom. The molecule has 0 aliphatic rings. The SMILES string of the molecule is COc1ccc(-c2cc3c(NCc4ccccc4)ncnc3[nH]2)cc1. The first-order valence-electron chi connectivity index (χ1n) is 8.09. The first-order chi connectivity index (χ1) is 12.3. The molecule has 5 nitrogen and oxygen atoms in total. The number of fused-ring (bicyclic) bond motifs is 1. The highest BCUT2D eigenvalue weighted by Gasteiger charge is 2.09. The number of nitrogens with one attached hydrogen (secondary N) is 2. The Morgan fingerprint density at radius 3 is 2.56 bits per heavy atom. The molecule has 0 unspecified atom stereocenters. The Hall–Kier alpha value is -3.34. The molecule has 2 N–H and O–H groups in total. The monoisotopic (exact) mass is 330 g/mol. The molecule has 0 saturated heterocycles. The average Bonchev–Trinajstić information content (AvgIpc) is 3.12. The van der Waals surface area contributed by atoms with E-state index in [0.717, 1.165) is 40.4 Å². The van der Waals surface area contributed by atoms with Gasteiger partial charge in [0.05, 0.1) is 12.5 Å². The molecule has 0 bridgehead atoms. The van der Waals surface area contributed by atoms with Gasteiger partial charge in [0.1, 0.15) is 23.5 Å². The van der Waals surface area contributed by atoms with Crippen molar-refractivity contribution in [2.24, 2.45) is 0 Å². The van der Waals surface area contributed by atoms with Crippen molar-refractivity contribution < 1.29 is 4.74 Å². The van der Waals surface area contributed by atoms with Gasteiger partial charge in [-0.15, -0.1) is 0 Å². The molecular formula is C20H18N4O. The van der Waals surface area contributed by atoms with Crippen molar-refractivity contribution in [1.29, 1.82) is 0 Å². The minimum atomic E-state index is 0.718. The van der Waals surface area contributed by atoms with E-state index in [-0.39, 0.29) is 0 Å². The Labute approximate surface area is 145 Å². The molecular weight excluding hydrogens is 312 g/mol. The van der Waals surface area contributed by atoms with E-state index in [9.17, 15) is 0 Å². The molecule has 0 saturated carbocycles. The van der Waals surface area contributed by atoms with E-state index in [0.29, 0.717) is 0 Å². The fourth-order valence-corrected chi connectivity index (χ4v) is 2.79. The summed E-state index contributed by atoms with van der Waals surface area (Å²) in [6.07, 6.45) is 1.57. The standard InChI is InChI=1S/C20H18N4O/c1-25-16-9-7-15(8-10-16)18-11-17-19(22-13-23-20(17)24-18)21-12-14-5-3-2-4-6-14/h2-11,13H,12H2,1H3,(H2,21,22,23,24). The molecule has 25 heavy (non-hydrogen) atoms. The Morgan fingerprint density at radius 1 is 1.00 bits per heavy atom. The van der Waals surface area contributed by atoms with Crippen LogP contribution >= 0.6 is 0 Å². The summed E-state index contributed by atoms with van der Waals surface area (Å²) < 4.78 is 5.21. The van der Waals surface area contributed by atoms with Gasteiger partial charge in [-0.1, -0.05) is 30.3 Å². The third-order valence-corrected chi connectivity index (χ3v) is 4.13. The van der Waals surface area contributed by atoms with Crippen LogP contribution in [0.3, 0.4) is 0 Å². The van der Waals surface area contributed by atoms with Crippen molar-refractivity contribution in [3.8, 4) is 17.0 Å². The highest BCUT2D eigenvalue weighted by atomic mass is 16.5. The van der Waals surface area contributed by atoms with Gasteiger partial charge in [-0.3, -0.25) is 0 Å². The molecule has 0 fully saturated rings. The van der Waals surface area contributed by atoms with E-state index < -0.39 is 0 Å². The van der Waals surface area contributed by atoms with E-state index in [2.05, 4.69) is 38.5 Å². The maximum atomic E-state index is 5.21. The smallest absolute Gasteiger partial charge is 0.143 e. The lowest BCUT2D eigenvalue weighted by atomic mass is 10.1. The van der Waals surface area contributed by atoms with Crippen LogP contribution in [0.5, 0.6) is 5.75 Å². The number of methoxy groups -OCH3 is 1. The quantitative estimate of drug-likeness (QED) is 0.574. The molecule has 4 rings (SSSR count). The minimum absolute atomic E-state index is 0.718. The Bertz CT molecular complexity index is 978. The summed E-state index contributed by atoms with van der Waals surface area (Å²) in [6.45, 7) is 0.718. The molecule has 4 aromatic rings. The normalized spacial score (nSPS) is 10.8. The summed E-state index contributed by atoms with van der Waals surface area (Å²) in [7, 11) is 1.66. The Balaban J connectivity index is 1.63. The third kappa shape index (κ3) is 3.17. The van der Waals surface area contributed by atoms with Crippen molar-refractivity contribution in [3.05, 3.63) is 72.6 Å². The second kappa shape index (κ2) is 6.65. The number of nitrogens with zero attached hydrogens (tertiary/aromatic N) is 2. The van der Waals surface area contributed by atoms with Gasteiger partial charge in [0, 0.05) is 12.2 Å². The van der Waals surface area contributed by atoms with E-state index >= 15 is 0 Å². The van der Waals surface area contributed by atoms with Crippen LogP contribution in [-0.4, -0.2) is 22.1 Å². The summed E-state index contributed by atoms with van der Waals surface area (Å²) in [5.74, 6) is 1.66. The maximum absolute atomic E-state index is 5.21. The summed E-state index contributed by atoms with van der Waals surface area (Å²) in [5, 5.41) is 4.37. The lowest BCUT2D eigenvalue weighted by molar-refractivity contribution is 0.415. The van der Waals surface area contributed by atoms with Gasteiger partial charge in [0.15, 0.2) is 0 Å². The number of aromatic amines is 1. The lowest BCUT2D eigenvalue weighted by Gasteiger charge is -2.06. The molecule has 2 aromatic heterocycles. The van der Waals surface area contributed by atoms with Crippen LogP contribution in [0.4, 0.5) is 5.82 Å². The van der Waals surface area contributed by atoms with Gasteiger partial charge >= 0.3 is 0 Å². The number of aromatic nitrogens is 3. The topological polar surface area (TPSA) is 62.8 Å². The van der Waals surface area contributed by atoms with Crippen LogP contribution in [0.2, 0.25) is 0 Å². The van der Waals surface area contributed by atoms with Crippen LogP contribution < -0.4 is 10.1 Å². The zero-order valence-corrected chi connectivity index (χ0v) is 13.9. The molecule has 0 aliphatic carbocycles. The van der Waals surface area contributed by atoms with Gasteiger partial charge in [-0.25, -0.2) is 9.97 Å². The van der Waals surface area contributed by atoms with Gasteiger partial charge in [0.25, 0.3) is 0 Å². The number of hydrogen-bond donors (Lipinski definition) is 2. The molecule has 0 atom stereocenters. The van der Waals surface area contributed by atoms with E-state index in [1.165, 1.54) is 5.56 Å². The molecule has 0 amide bonds. The van der Waals surface area contributed by atoms with Crippen molar-refractivity contribution in [2.45, 2.75) is 6.54 Å². The number of benzene rings is 2. The summed E-state index contributed by atoms with van der Waals surface area (Å²) >= 11 is 0. The minimum Gasteiger partial charge on any atom is -0.497 e. The largest absolute Gasteiger partial charge is 0.497 e. The number of H-pyrrole nitrogens is 1. The molecule has 0 aliphatic heterocycles. The molecule has 2 aromatic carbocycles. The van der Waals surface area contributed by atoms with Crippen molar-refractivity contribution in [1.82, 2.24) is 15.0 Å².